The fraction of sp³-hybridized carbons (Fsp3) is 1.00. The van der Waals surface area contributed by atoms with Crippen LogP contribution in [0.1, 0.15) is 46.0 Å². The number of aliphatic hydroxyl groups excluding tert-OH is 1. The molecule has 2 aliphatic rings. The predicted molar refractivity (Wildman–Crippen MR) is 67.3 cm³/mol. The van der Waals surface area contributed by atoms with Crippen molar-refractivity contribution in [1.82, 2.24) is 4.90 Å². The van der Waals surface area contributed by atoms with E-state index in [2.05, 4.69) is 25.8 Å². The Kier molecular flexibility index (Phi) is 3.91. The van der Waals surface area contributed by atoms with Crippen LogP contribution in [0.25, 0.3) is 0 Å². The molecule has 94 valence electrons. The smallest absolute Gasteiger partial charge is 0.0546 e. The lowest BCUT2D eigenvalue weighted by molar-refractivity contribution is 0.0143. The largest absolute Gasteiger partial charge is 0.393 e. The average Bonchev–Trinajstić information content (AvgIpc) is 2.13. The van der Waals surface area contributed by atoms with Gasteiger partial charge in [-0.2, -0.15) is 0 Å². The quantitative estimate of drug-likeness (QED) is 0.798. The van der Waals surface area contributed by atoms with E-state index >= 15 is 0 Å². The highest BCUT2D eigenvalue weighted by Gasteiger charge is 2.32. The molecule has 0 aromatic rings. The number of hydrogen-bond acceptors (Lipinski definition) is 2. The van der Waals surface area contributed by atoms with Crippen LogP contribution in [0.4, 0.5) is 0 Å². The van der Waals surface area contributed by atoms with Gasteiger partial charge < -0.3 is 10.0 Å². The maximum atomic E-state index is 9.31. The van der Waals surface area contributed by atoms with Gasteiger partial charge in [-0.3, -0.25) is 0 Å². The minimum Gasteiger partial charge on any atom is -0.393 e. The van der Waals surface area contributed by atoms with Gasteiger partial charge in [0.05, 0.1) is 6.10 Å². The molecule has 0 heterocycles. The standard InChI is InChI=1S/C14H27NO/c1-10-4-11(2)6-13(5-10)15(3)9-12-7-14(16)8-12/h10-14,16H,4-9H2,1-3H3. The molecule has 2 unspecified atom stereocenters. The summed E-state index contributed by atoms with van der Waals surface area (Å²) < 4.78 is 0. The first-order chi connectivity index (χ1) is 7.54. The van der Waals surface area contributed by atoms with Gasteiger partial charge >= 0.3 is 0 Å². The topological polar surface area (TPSA) is 23.5 Å². The van der Waals surface area contributed by atoms with Gasteiger partial charge in [0.25, 0.3) is 0 Å². The van der Waals surface area contributed by atoms with Crippen LogP contribution in [0.3, 0.4) is 0 Å². The summed E-state index contributed by atoms with van der Waals surface area (Å²) in [4.78, 5) is 2.56. The third kappa shape index (κ3) is 2.98. The van der Waals surface area contributed by atoms with Crippen LogP contribution in [-0.4, -0.2) is 35.7 Å². The maximum absolute atomic E-state index is 9.31. The van der Waals surface area contributed by atoms with E-state index in [1.807, 2.05) is 0 Å². The monoisotopic (exact) mass is 225 g/mol. The highest BCUT2D eigenvalue weighted by molar-refractivity contribution is 4.85. The van der Waals surface area contributed by atoms with E-state index in [1.165, 1.54) is 25.8 Å². The van der Waals surface area contributed by atoms with Gasteiger partial charge in [0, 0.05) is 12.6 Å². The molecule has 2 fully saturated rings. The van der Waals surface area contributed by atoms with E-state index in [1.54, 1.807) is 0 Å². The molecule has 2 saturated carbocycles. The Morgan fingerprint density at radius 3 is 2.06 bits per heavy atom. The molecule has 0 aromatic carbocycles. The predicted octanol–water partition coefficient (Wildman–Crippen LogP) is 2.51. The van der Waals surface area contributed by atoms with Crippen LogP contribution < -0.4 is 0 Å². The van der Waals surface area contributed by atoms with E-state index in [4.69, 9.17) is 0 Å². The van der Waals surface area contributed by atoms with Gasteiger partial charge in [-0.15, -0.1) is 0 Å². The fourth-order valence-electron chi connectivity index (χ4n) is 3.67. The number of nitrogens with zero attached hydrogens (tertiary/aromatic N) is 1. The summed E-state index contributed by atoms with van der Waals surface area (Å²) in [6.07, 6.45) is 6.21. The molecule has 0 aromatic heterocycles. The summed E-state index contributed by atoms with van der Waals surface area (Å²) in [6, 6.07) is 0.788. The van der Waals surface area contributed by atoms with Crippen molar-refractivity contribution in [3.8, 4) is 0 Å². The van der Waals surface area contributed by atoms with Crippen molar-refractivity contribution in [2.24, 2.45) is 17.8 Å². The van der Waals surface area contributed by atoms with E-state index in [0.717, 1.165) is 36.6 Å². The molecule has 0 saturated heterocycles. The summed E-state index contributed by atoms with van der Waals surface area (Å²) in [5.41, 5.74) is 0. The third-order valence-corrected chi connectivity index (χ3v) is 4.53. The molecular weight excluding hydrogens is 198 g/mol. The first-order valence-electron chi connectivity index (χ1n) is 6.93. The lowest BCUT2D eigenvalue weighted by Gasteiger charge is -2.41. The van der Waals surface area contributed by atoms with Crippen LogP contribution in [-0.2, 0) is 0 Å². The van der Waals surface area contributed by atoms with E-state index in [-0.39, 0.29) is 6.10 Å². The van der Waals surface area contributed by atoms with E-state index in [9.17, 15) is 5.11 Å². The average molecular weight is 225 g/mol. The lowest BCUT2D eigenvalue weighted by atomic mass is 9.78. The van der Waals surface area contributed by atoms with Crippen molar-refractivity contribution in [2.75, 3.05) is 13.6 Å². The molecule has 2 atom stereocenters. The molecule has 0 radical (unpaired) electrons. The number of hydrogen-bond donors (Lipinski definition) is 1. The fourth-order valence-corrected chi connectivity index (χ4v) is 3.67. The molecule has 16 heavy (non-hydrogen) atoms. The molecule has 2 aliphatic carbocycles. The molecule has 0 aliphatic heterocycles. The molecule has 0 bridgehead atoms. The van der Waals surface area contributed by atoms with Crippen LogP contribution in [0.5, 0.6) is 0 Å². The second-order valence-electron chi connectivity index (χ2n) is 6.50. The summed E-state index contributed by atoms with van der Waals surface area (Å²) in [5.74, 6) is 2.54. The van der Waals surface area contributed by atoms with Crippen LogP contribution in [0.15, 0.2) is 0 Å². The van der Waals surface area contributed by atoms with Gasteiger partial charge in [0.2, 0.25) is 0 Å². The molecule has 1 N–H and O–H groups in total. The van der Waals surface area contributed by atoms with Crippen molar-refractivity contribution in [2.45, 2.75) is 58.1 Å². The summed E-state index contributed by atoms with van der Waals surface area (Å²) in [5, 5.41) is 9.31. The lowest BCUT2D eigenvalue weighted by Crippen LogP contribution is -2.44. The van der Waals surface area contributed by atoms with Gasteiger partial charge in [-0.05, 0) is 56.9 Å². The maximum Gasteiger partial charge on any atom is 0.0546 e. The minimum atomic E-state index is 0.00241. The molecule has 2 heteroatoms. The van der Waals surface area contributed by atoms with Crippen molar-refractivity contribution < 1.29 is 5.11 Å². The van der Waals surface area contributed by atoms with Gasteiger partial charge in [-0.25, -0.2) is 0 Å². The van der Waals surface area contributed by atoms with Crippen LogP contribution in [0, 0.1) is 17.8 Å². The Morgan fingerprint density at radius 1 is 1.00 bits per heavy atom. The van der Waals surface area contributed by atoms with Gasteiger partial charge in [0.1, 0.15) is 0 Å². The Hall–Kier alpha value is -0.0800. The Labute approximate surface area is 100 Å². The zero-order chi connectivity index (χ0) is 11.7. The minimum absolute atomic E-state index is 0.00241. The number of aliphatic hydroxyl groups is 1. The Balaban J connectivity index is 1.77. The first kappa shape index (κ1) is 12.4. The summed E-state index contributed by atoms with van der Waals surface area (Å²) in [7, 11) is 2.28. The molecule has 2 rings (SSSR count). The Bertz CT molecular complexity index is 215. The summed E-state index contributed by atoms with van der Waals surface area (Å²) in [6.45, 7) is 5.98. The first-order valence-corrected chi connectivity index (χ1v) is 6.93. The second-order valence-corrected chi connectivity index (χ2v) is 6.50. The second kappa shape index (κ2) is 5.05. The van der Waals surface area contributed by atoms with Gasteiger partial charge in [0.15, 0.2) is 0 Å². The van der Waals surface area contributed by atoms with E-state index < -0.39 is 0 Å². The van der Waals surface area contributed by atoms with Crippen molar-refractivity contribution >= 4 is 0 Å². The van der Waals surface area contributed by atoms with Crippen LogP contribution in [0.2, 0.25) is 0 Å². The highest BCUT2D eigenvalue weighted by Crippen LogP contribution is 2.33. The SMILES string of the molecule is CC1CC(C)CC(N(C)CC2CC(O)C2)C1. The highest BCUT2D eigenvalue weighted by atomic mass is 16.3. The van der Waals surface area contributed by atoms with Crippen molar-refractivity contribution in [3.05, 3.63) is 0 Å². The van der Waals surface area contributed by atoms with Gasteiger partial charge in [-0.1, -0.05) is 13.8 Å². The Morgan fingerprint density at radius 2 is 1.56 bits per heavy atom. The van der Waals surface area contributed by atoms with E-state index in [0.29, 0.717) is 0 Å². The van der Waals surface area contributed by atoms with Crippen LogP contribution >= 0.6 is 0 Å². The zero-order valence-electron chi connectivity index (χ0n) is 11.0. The normalized spacial score (nSPS) is 44.4. The number of rotatable bonds is 3. The van der Waals surface area contributed by atoms with Crippen molar-refractivity contribution in [3.63, 3.8) is 0 Å². The van der Waals surface area contributed by atoms with Crippen molar-refractivity contribution in [1.29, 1.82) is 0 Å². The molecule has 2 nitrogen and oxygen atoms in total. The third-order valence-electron chi connectivity index (χ3n) is 4.53. The zero-order valence-corrected chi connectivity index (χ0v) is 11.0. The molecule has 0 spiro atoms. The summed E-state index contributed by atoms with van der Waals surface area (Å²) >= 11 is 0. The molecule has 0 amide bonds. The molecular formula is C14H27NO.